The van der Waals surface area contributed by atoms with Crippen LogP contribution in [0.15, 0.2) is 28.7 Å². The van der Waals surface area contributed by atoms with E-state index < -0.39 is 4.92 Å². The predicted molar refractivity (Wildman–Crippen MR) is 98.0 cm³/mol. The highest BCUT2D eigenvalue weighted by molar-refractivity contribution is 7.14. The van der Waals surface area contributed by atoms with Gasteiger partial charge in [-0.2, -0.15) is 5.10 Å². The van der Waals surface area contributed by atoms with Crippen LogP contribution < -0.4 is 5.43 Å². The molecule has 2 aromatic heterocycles. The van der Waals surface area contributed by atoms with E-state index in [-0.39, 0.29) is 11.6 Å². The summed E-state index contributed by atoms with van der Waals surface area (Å²) >= 11 is 3.05. The van der Waals surface area contributed by atoms with Crippen molar-refractivity contribution in [3.05, 3.63) is 48.3 Å². The lowest BCUT2D eigenvalue weighted by atomic mass is 10.2. The molecule has 1 N–H and O–H groups in total. The van der Waals surface area contributed by atoms with Gasteiger partial charge in [-0.05, 0) is 37.1 Å². The van der Waals surface area contributed by atoms with Gasteiger partial charge in [0, 0.05) is 17.4 Å². The number of carbonyl (C=O) groups excluding carboxylic acids is 1. The lowest BCUT2D eigenvalue weighted by Crippen LogP contribution is -2.16. The summed E-state index contributed by atoms with van der Waals surface area (Å²) < 4.78 is 0. The summed E-state index contributed by atoms with van der Waals surface area (Å²) in [7, 11) is 0. The van der Waals surface area contributed by atoms with Gasteiger partial charge in [-0.1, -0.05) is 13.0 Å². The number of nitro groups is 1. The summed E-state index contributed by atoms with van der Waals surface area (Å²) in [5.74, 6) is -0.140. The SMILES string of the molecule is CCc1sc(/C=N\NC(=O)CCCCc2cccs2)cc1[N+](=O)[O-]. The van der Waals surface area contributed by atoms with Crippen LogP contribution in [0.2, 0.25) is 0 Å². The van der Waals surface area contributed by atoms with Crippen LogP contribution in [0.1, 0.15) is 40.8 Å². The second-order valence-electron chi connectivity index (χ2n) is 5.15. The zero-order valence-corrected chi connectivity index (χ0v) is 15.0. The minimum atomic E-state index is -0.390. The van der Waals surface area contributed by atoms with Crippen LogP contribution in [0.4, 0.5) is 5.69 Å². The highest BCUT2D eigenvalue weighted by atomic mass is 32.1. The number of hydrazone groups is 1. The molecule has 1 amide bonds. The number of carbonyl (C=O) groups is 1. The number of hydrogen-bond acceptors (Lipinski definition) is 6. The Hall–Kier alpha value is -2.06. The van der Waals surface area contributed by atoms with Gasteiger partial charge in [0.1, 0.15) is 0 Å². The van der Waals surface area contributed by atoms with E-state index in [0.717, 1.165) is 19.3 Å². The van der Waals surface area contributed by atoms with Crippen molar-refractivity contribution in [1.29, 1.82) is 0 Å². The molecular weight excluding hydrogens is 346 g/mol. The van der Waals surface area contributed by atoms with E-state index in [2.05, 4.69) is 22.0 Å². The summed E-state index contributed by atoms with van der Waals surface area (Å²) in [5, 5.41) is 16.8. The van der Waals surface area contributed by atoms with Crippen LogP contribution in [-0.4, -0.2) is 17.0 Å². The van der Waals surface area contributed by atoms with Gasteiger partial charge < -0.3 is 0 Å². The lowest BCUT2D eigenvalue weighted by Gasteiger charge is -1.99. The summed E-state index contributed by atoms with van der Waals surface area (Å²) in [6, 6.07) is 5.61. The molecule has 128 valence electrons. The van der Waals surface area contributed by atoms with E-state index >= 15 is 0 Å². The summed E-state index contributed by atoms with van der Waals surface area (Å²) in [6.07, 6.45) is 5.25. The van der Waals surface area contributed by atoms with E-state index in [1.54, 1.807) is 11.3 Å². The Morgan fingerprint density at radius 3 is 2.92 bits per heavy atom. The van der Waals surface area contributed by atoms with Gasteiger partial charge in [0.05, 0.1) is 20.9 Å². The highest BCUT2D eigenvalue weighted by Crippen LogP contribution is 2.28. The van der Waals surface area contributed by atoms with Crippen molar-refractivity contribution in [1.82, 2.24) is 5.43 Å². The molecule has 8 heteroatoms. The third kappa shape index (κ3) is 5.54. The molecule has 24 heavy (non-hydrogen) atoms. The van der Waals surface area contributed by atoms with Gasteiger partial charge in [0.2, 0.25) is 5.91 Å². The highest BCUT2D eigenvalue weighted by Gasteiger charge is 2.16. The maximum absolute atomic E-state index is 11.7. The Kier molecular flexibility index (Phi) is 7.07. The van der Waals surface area contributed by atoms with Crippen molar-refractivity contribution in [2.75, 3.05) is 0 Å². The van der Waals surface area contributed by atoms with Crippen molar-refractivity contribution < 1.29 is 9.72 Å². The fourth-order valence-corrected chi connectivity index (χ4v) is 3.87. The normalized spacial score (nSPS) is 11.0. The largest absolute Gasteiger partial charge is 0.283 e. The van der Waals surface area contributed by atoms with Crippen molar-refractivity contribution in [2.45, 2.75) is 39.0 Å². The predicted octanol–water partition coefficient (Wildman–Crippen LogP) is 4.14. The van der Waals surface area contributed by atoms with Crippen molar-refractivity contribution >= 4 is 40.5 Å². The summed E-state index contributed by atoms with van der Waals surface area (Å²) in [4.78, 5) is 24.9. The topological polar surface area (TPSA) is 84.6 Å². The van der Waals surface area contributed by atoms with Crippen molar-refractivity contribution in [2.24, 2.45) is 5.10 Å². The van der Waals surface area contributed by atoms with Gasteiger partial charge in [0.25, 0.3) is 5.69 Å². The first-order chi connectivity index (χ1) is 11.6. The summed E-state index contributed by atoms with van der Waals surface area (Å²) in [5.41, 5.74) is 2.59. The molecule has 0 spiro atoms. The molecule has 0 atom stereocenters. The van der Waals surface area contributed by atoms with E-state index in [1.807, 2.05) is 13.0 Å². The first-order valence-corrected chi connectivity index (χ1v) is 9.41. The number of nitrogens with one attached hydrogen (secondary N) is 1. The van der Waals surface area contributed by atoms with Gasteiger partial charge in [0.15, 0.2) is 0 Å². The van der Waals surface area contributed by atoms with Crippen LogP contribution in [-0.2, 0) is 17.6 Å². The molecule has 2 heterocycles. The summed E-state index contributed by atoms with van der Waals surface area (Å²) in [6.45, 7) is 1.87. The minimum Gasteiger partial charge on any atom is -0.273 e. The monoisotopic (exact) mass is 365 g/mol. The second kappa shape index (κ2) is 9.29. The number of thiophene rings is 2. The van der Waals surface area contributed by atoms with Crippen LogP contribution in [0.5, 0.6) is 0 Å². The standard InChI is InChI=1S/C16H19N3O3S2/c1-2-15-14(19(21)22)10-13(24-15)11-17-18-16(20)8-4-3-6-12-7-5-9-23-12/h5,7,9-11H,2-4,6,8H2,1H3,(H,18,20)/b17-11-. The Balaban J connectivity index is 1.72. The third-order valence-corrected chi connectivity index (χ3v) is 5.50. The zero-order chi connectivity index (χ0) is 17.4. The van der Waals surface area contributed by atoms with E-state index in [4.69, 9.17) is 0 Å². The first kappa shape index (κ1) is 18.3. The maximum atomic E-state index is 11.7. The molecule has 0 radical (unpaired) electrons. The molecule has 0 bridgehead atoms. The third-order valence-electron chi connectivity index (χ3n) is 3.36. The molecule has 6 nitrogen and oxygen atoms in total. The number of hydrogen-bond donors (Lipinski definition) is 1. The molecule has 0 aromatic carbocycles. The van der Waals surface area contributed by atoms with Crippen molar-refractivity contribution in [3.63, 3.8) is 0 Å². The van der Waals surface area contributed by atoms with Gasteiger partial charge in [-0.25, -0.2) is 5.43 Å². The van der Waals surface area contributed by atoms with E-state index in [0.29, 0.717) is 22.6 Å². The molecule has 0 aliphatic carbocycles. The Labute approximate surface area is 148 Å². The number of aryl methyl sites for hydroxylation is 2. The van der Waals surface area contributed by atoms with Crippen molar-refractivity contribution in [3.8, 4) is 0 Å². The molecule has 0 aliphatic rings. The Morgan fingerprint density at radius 1 is 1.46 bits per heavy atom. The average Bonchev–Trinajstić information content (AvgIpc) is 3.21. The van der Waals surface area contributed by atoms with Gasteiger partial charge >= 0.3 is 0 Å². The van der Waals surface area contributed by atoms with Crippen LogP contribution in [0.25, 0.3) is 0 Å². The van der Waals surface area contributed by atoms with E-state index in [1.165, 1.54) is 28.5 Å². The fraction of sp³-hybridized carbons (Fsp3) is 0.375. The zero-order valence-electron chi connectivity index (χ0n) is 13.4. The minimum absolute atomic E-state index is 0.115. The van der Waals surface area contributed by atoms with Gasteiger partial charge in [-0.15, -0.1) is 22.7 Å². The molecule has 0 saturated heterocycles. The lowest BCUT2D eigenvalue weighted by molar-refractivity contribution is -0.385. The quantitative estimate of drug-likeness (QED) is 0.314. The Morgan fingerprint density at radius 2 is 2.29 bits per heavy atom. The molecule has 0 unspecified atom stereocenters. The maximum Gasteiger partial charge on any atom is 0.283 e. The van der Waals surface area contributed by atoms with Crippen LogP contribution in [0.3, 0.4) is 0 Å². The number of amides is 1. The molecule has 0 fully saturated rings. The van der Waals surface area contributed by atoms with Crippen LogP contribution >= 0.6 is 22.7 Å². The van der Waals surface area contributed by atoms with Crippen LogP contribution in [0, 0.1) is 10.1 Å². The molecule has 0 saturated carbocycles. The Bertz CT molecular complexity index is 708. The fourth-order valence-electron chi connectivity index (χ4n) is 2.17. The second-order valence-corrected chi connectivity index (χ2v) is 7.35. The van der Waals surface area contributed by atoms with E-state index in [9.17, 15) is 14.9 Å². The average molecular weight is 365 g/mol. The number of unbranched alkanes of at least 4 members (excludes halogenated alkanes) is 1. The first-order valence-electron chi connectivity index (χ1n) is 7.71. The molecule has 2 aromatic rings. The smallest absolute Gasteiger partial charge is 0.273 e. The number of rotatable bonds is 9. The molecule has 2 rings (SSSR count). The molecule has 0 aliphatic heterocycles. The van der Waals surface area contributed by atoms with Gasteiger partial charge in [-0.3, -0.25) is 14.9 Å². The number of nitrogens with zero attached hydrogens (tertiary/aromatic N) is 2. The molecular formula is C16H19N3O3S2.